The predicted molar refractivity (Wildman–Crippen MR) is 127 cm³/mol. The maximum Gasteiger partial charge on any atom is 0.263 e. The summed E-state index contributed by atoms with van der Waals surface area (Å²) in [6, 6.07) is 3.61. The lowest BCUT2D eigenvalue weighted by molar-refractivity contribution is 0.0938. The van der Waals surface area contributed by atoms with Gasteiger partial charge in [0.25, 0.3) is 5.91 Å². The molecule has 1 aliphatic heterocycles. The Kier molecular flexibility index (Phi) is 5.62. The summed E-state index contributed by atoms with van der Waals surface area (Å²) in [5, 5.41) is 12.9. The third-order valence-corrected chi connectivity index (χ3v) is 7.66. The Balaban J connectivity index is 1.39. The van der Waals surface area contributed by atoms with Crippen molar-refractivity contribution in [2.24, 2.45) is 0 Å². The molecule has 0 unspecified atom stereocenters. The molecule has 3 aromatic rings. The van der Waals surface area contributed by atoms with Gasteiger partial charge in [-0.2, -0.15) is 5.26 Å². The topological polar surface area (TPSA) is 108 Å². The van der Waals surface area contributed by atoms with Crippen LogP contribution in [0.5, 0.6) is 0 Å². The SMILES string of the molecule is Cc1cnc2c(N)c(C(=O)N[C@@H]3CCc4c(C#N)c(N5CCCCC5)cc(F)c4C3)sc2n1. The van der Waals surface area contributed by atoms with Gasteiger partial charge in [-0.15, -0.1) is 11.3 Å². The molecule has 1 saturated heterocycles. The number of hydrogen-bond acceptors (Lipinski definition) is 7. The van der Waals surface area contributed by atoms with Crippen LogP contribution in [-0.4, -0.2) is 35.0 Å². The fourth-order valence-electron chi connectivity index (χ4n) is 4.91. The molecule has 3 heterocycles. The summed E-state index contributed by atoms with van der Waals surface area (Å²) in [4.78, 5) is 24.8. The number of rotatable bonds is 3. The standard InChI is InChI=1S/C24H25FN6OS/c1-13-12-28-21-20(27)22(33-24(21)29-13)23(32)30-14-5-6-15-16(9-14)18(25)10-19(17(15)11-26)31-7-3-2-4-8-31/h10,12,14H,2-9,27H2,1H3,(H,30,32)/t14-/m1/s1. The smallest absolute Gasteiger partial charge is 0.263 e. The maximum absolute atomic E-state index is 15.2. The number of amides is 1. The molecule has 0 radical (unpaired) electrons. The Labute approximate surface area is 195 Å². The van der Waals surface area contributed by atoms with Crippen LogP contribution in [0, 0.1) is 24.1 Å². The van der Waals surface area contributed by atoms with Crippen molar-refractivity contribution in [3.63, 3.8) is 0 Å². The number of nitrogens with two attached hydrogens (primary N) is 1. The number of aryl methyl sites for hydroxylation is 1. The van der Waals surface area contributed by atoms with E-state index in [0.717, 1.165) is 37.2 Å². The zero-order valence-electron chi connectivity index (χ0n) is 18.4. The highest BCUT2D eigenvalue weighted by molar-refractivity contribution is 7.21. The van der Waals surface area contributed by atoms with Crippen LogP contribution in [-0.2, 0) is 12.8 Å². The van der Waals surface area contributed by atoms with Crippen molar-refractivity contribution in [2.45, 2.75) is 51.5 Å². The molecule has 2 aliphatic rings. The third-order valence-electron chi connectivity index (χ3n) is 6.58. The summed E-state index contributed by atoms with van der Waals surface area (Å²) in [6.07, 6.45) is 6.44. The predicted octanol–water partition coefficient (Wildman–Crippen LogP) is 3.87. The Morgan fingerprint density at radius 2 is 2.12 bits per heavy atom. The Hall–Kier alpha value is -3.25. The van der Waals surface area contributed by atoms with Gasteiger partial charge in [0.1, 0.15) is 27.1 Å². The van der Waals surface area contributed by atoms with Crippen molar-refractivity contribution < 1.29 is 9.18 Å². The minimum absolute atomic E-state index is 0.237. The molecule has 170 valence electrons. The zero-order valence-corrected chi connectivity index (χ0v) is 19.3. The van der Waals surface area contributed by atoms with Crippen LogP contribution in [0.3, 0.4) is 0 Å². The number of nitrogens with one attached hydrogen (secondary N) is 1. The normalized spacial score (nSPS) is 18.1. The Bertz CT molecular complexity index is 1290. The van der Waals surface area contributed by atoms with Gasteiger partial charge < -0.3 is 16.0 Å². The summed E-state index contributed by atoms with van der Waals surface area (Å²) in [6.45, 7) is 3.54. The molecule has 1 aromatic carbocycles. The number of thiophene rings is 1. The summed E-state index contributed by atoms with van der Waals surface area (Å²) < 4.78 is 15.2. The number of nitriles is 1. The molecule has 0 spiro atoms. The van der Waals surface area contributed by atoms with Crippen molar-refractivity contribution in [2.75, 3.05) is 23.7 Å². The summed E-state index contributed by atoms with van der Waals surface area (Å²) in [7, 11) is 0. The molecule has 1 fully saturated rings. The molecule has 7 nitrogen and oxygen atoms in total. The van der Waals surface area contributed by atoms with Crippen LogP contribution >= 0.6 is 11.3 Å². The van der Waals surface area contributed by atoms with Crippen LogP contribution in [0.4, 0.5) is 15.8 Å². The van der Waals surface area contributed by atoms with Crippen LogP contribution in [0.15, 0.2) is 12.3 Å². The number of nitrogen functional groups attached to an aromatic ring is 1. The van der Waals surface area contributed by atoms with Crippen molar-refractivity contribution in [1.29, 1.82) is 5.26 Å². The first kappa shape index (κ1) is 21.6. The Morgan fingerprint density at radius 3 is 2.88 bits per heavy atom. The molecule has 5 rings (SSSR count). The van der Waals surface area contributed by atoms with Gasteiger partial charge in [0.2, 0.25) is 0 Å². The molecular formula is C24H25FN6OS. The van der Waals surface area contributed by atoms with Gasteiger partial charge in [-0.05, 0) is 62.6 Å². The van der Waals surface area contributed by atoms with Gasteiger partial charge in [-0.3, -0.25) is 4.79 Å². The number of anilines is 2. The molecule has 0 saturated carbocycles. The quantitative estimate of drug-likeness (QED) is 0.609. The molecule has 2 aromatic heterocycles. The van der Waals surface area contributed by atoms with E-state index >= 15 is 4.39 Å². The molecule has 1 aliphatic carbocycles. The van der Waals surface area contributed by atoms with Crippen molar-refractivity contribution >= 4 is 39.0 Å². The lowest BCUT2D eigenvalue weighted by atomic mass is 9.84. The minimum Gasteiger partial charge on any atom is -0.396 e. The van der Waals surface area contributed by atoms with Gasteiger partial charge in [0.15, 0.2) is 0 Å². The number of piperidine rings is 1. The lowest BCUT2D eigenvalue weighted by Gasteiger charge is -2.33. The second-order valence-electron chi connectivity index (χ2n) is 8.79. The van der Waals surface area contributed by atoms with Gasteiger partial charge in [0.05, 0.1) is 22.6 Å². The van der Waals surface area contributed by atoms with E-state index < -0.39 is 0 Å². The van der Waals surface area contributed by atoms with E-state index in [1.165, 1.54) is 23.8 Å². The fourth-order valence-corrected chi connectivity index (χ4v) is 5.92. The van der Waals surface area contributed by atoms with E-state index in [0.29, 0.717) is 57.0 Å². The van der Waals surface area contributed by atoms with Gasteiger partial charge in [0, 0.05) is 25.3 Å². The summed E-state index contributed by atoms with van der Waals surface area (Å²) in [5.74, 6) is -0.594. The van der Waals surface area contributed by atoms with Gasteiger partial charge in [-0.1, -0.05) is 0 Å². The number of carbonyl (C=O) groups excluding carboxylic acids is 1. The average molecular weight is 465 g/mol. The molecule has 33 heavy (non-hydrogen) atoms. The first-order valence-corrected chi connectivity index (χ1v) is 12.1. The summed E-state index contributed by atoms with van der Waals surface area (Å²) >= 11 is 1.21. The van der Waals surface area contributed by atoms with Gasteiger partial charge in [-0.25, -0.2) is 14.4 Å². The second-order valence-corrected chi connectivity index (χ2v) is 9.79. The Morgan fingerprint density at radius 1 is 1.33 bits per heavy atom. The van der Waals surface area contributed by atoms with Crippen LogP contribution < -0.4 is 16.0 Å². The van der Waals surface area contributed by atoms with E-state index in [4.69, 9.17) is 5.73 Å². The molecule has 9 heteroatoms. The molecular weight excluding hydrogens is 439 g/mol. The number of benzene rings is 1. The van der Waals surface area contributed by atoms with E-state index in [9.17, 15) is 10.1 Å². The van der Waals surface area contributed by atoms with Gasteiger partial charge >= 0.3 is 0 Å². The van der Waals surface area contributed by atoms with Crippen LogP contribution in [0.25, 0.3) is 10.3 Å². The maximum atomic E-state index is 15.2. The van der Waals surface area contributed by atoms with Crippen molar-refractivity contribution in [1.82, 2.24) is 15.3 Å². The molecule has 0 bridgehead atoms. The van der Waals surface area contributed by atoms with E-state index in [2.05, 4.69) is 26.3 Å². The average Bonchev–Trinajstić information content (AvgIpc) is 3.15. The van der Waals surface area contributed by atoms with E-state index in [1.807, 2.05) is 6.92 Å². The first-order chi connectivity index (χ1) is 16.0. The lowest BCUT2D eigenvalue weighted by Crippen LogP contribution is -2.39. The summed E-state index contributed by atoms with van der Waals surface area (Å²) in [5.41, 5.74) is 10.4. The second kappa shape index (κ2) is 8.60. The number of nitrogens with zero attached hydrogens (tertiary/aromatic N) is 4. The van der Waals surface area contributed by atoms with E-state index in [-0.39, 0.29) is 17.8 Å². The first-order valence-electron chi connectivity index (χ1n) is 11.3. The number of fused-ring (bicyclic) bond motifs is 2. The van der Waals surface area contributed by atoms with Crippen LogP contribution in [0.1, 0.15) is 57.7 Å². The third kappa shape index (κ3) is 3.89. The molecule has 1 amide bonds. The number of aromatic nitrogens is 2. The molecule has 1 atom stereocenters. The highest BCUT2D eigenvalue weighted by Gasteiger charge is 2.29. The number of hydrogen-bond donors (Lipinski definition) is 2. The van der Waals surface area contributed by atoms with Crippen molar-refractivity contribution in [3.05, 3.63) is 45.3 Å². The number of carbonyl (C=O) groups is 1. The largest absolute Gasteiger partial charge is 0.396 e. The van der Waals surface area contributed by atoms with E-state index in [1.54, 1.807) is 6.20 Å². The molecule has 3 N–H and O–H groups in total. The number of halogens is 1. The zero-order chi connectivity index (χ0) is 23.1. The minimum atomic E-state index is -0.297. The fraction of sp³-hybridized carbons (Fsp3) is 0.417. The highest BCUT2D eigenvalue weighted by atomic mass is 32.1. The monoisotopic (exact) mass is 464 g/mol. The van der Waals surface area contributed by atoms with Crippen LogP contribution in [0.2, 0.25) is 0 Å². The van der Waals surface area contributed by atoms with Crippen molar-refractivity contribution in [3.8, 4) is 6.07 Å². The highest BCUT2D eigenvalue weighted by Crippen LogP contribution is 2.36.